The zero-order valence-electron chi connectivity index (χ0n) is 18.8. The maximum atomic E-state index is 13.5. The standard InChI is InChI=1S/C26H26FN3O3S/c27-18-14-12-17(13-15-18)23(31)29-16-6-5-11-22(25(29)33)34-26-28-21-10-4-3-9-20(21)24(32)30(26)19-7-1-2-8-19/h3-4,9-10,12-15,19,22H,1-2,5-8,11,16H2/t22-/m0/s1. The first-order valence-electron chi connectivity index (χ1n) is 11.8. The molecule has 2 fully saturated rings. The number of hydrogen-bond acceptors (Lipinski definition) is 5. The normalized spacial score (nSPS) is 19.5. The van der Waals surface area contributed by atoms with Gasteiger partial charge < -0.3 is 0 Å². The van der Waals surface area contributed by atoms with E-state index in [1.54, 1.807) is 10.6 Å². The van der Waals surface area contributed by atoms with E-state index in [1.165, 1.54) is 40.9 Å². The van der Waals surface area contributed by atoms with Gasteiger partial charge in [-0.25, -0.2) is 9.37 Å². The third-order valence-corrected chi connectivity index (χ3v) is 7.91. The molecule has 2 aromatic carbocycles. The van der Waals surface area contributed by atoms with Crippen LogP contribution in [0.4, 0.5) is 4.39 Å². The Hall–Kier alpha value is -3.00. The van der Waals surface area contributed by atoms with E-state index in [1.807, 2.05) is 18.2 Å². The Morgan fingerprint density at radius 2 is 1.65 bits per heavy atom. The van der Waals surface area contributed by atoms with E-state index < -0.39 is 17.0 Å². The largest absolute Gasteiger partial charge is 0.284 e. The van der Waals surface area contributed by atoms with Crippen molar-refractivity contribution in [1.29, 1.82) is 0 Å². The van der Waals surface area contributed by atoms with Crippen molar-refractivity contribution < 1.29 is 14.0 Å². The van der Waals surface area contributed by atoms with Crippen molar-refractivity contribution in [1.82, 2.24) is 14.5 Å². The second-order valence-corrected chi connectivity index (χ2v) is 10.1. The van der Waals surface area contributed by atoms with E-state index in [2.05, 4.69) is 0 Å². The fraction of sp³-hybridized carbons (Fsp3) is 0.385. The summed E-state index contributed by atoms with van der Waals surface area (Å²) < 4.78 is 15.1. The Morgan fingerprint density at radius 1 is 0.941 bits per heavy atom. The number of imide groups is 1. The number of para-hydroxylation sites is 1. The first kappa shape index (κ1) is 22.8. The molecule has 8 heteroatoms. The molecule has 1 aliphatic carbocycles. The molecule has 2 heterocycles. The van der Waals surface area contributed by atoms with Gasteiger partial charge >= 0.3 is 0 Å². The summed E-state index contributed by atoms with van der Waals surface area (Å²) in [6, 6.07) is 12.6. The smallest absolute Gasteiger partial charge is 0.262 e. The van der Waals surface area contributed by atoms with Crippen LogP contribution in [0.1, 0.15) is 61.3 Å². The number of rotatable bonds is 4. The Bertz CT molecular complexity index is 1280. The highest BCUT2D eigenvalue weighted by Gasteiger charge is 2.34. The van der Waals surface area contributed by atoms with Crippen LogP contribution < -0.4 is 5.56 Å². The molecule has 5 rings (SSSR count). The van der Waals surface area contributed by atoms with Crippen molar-refractivity contribution in [3.8, 4) is 0 Å². The van der Waals surface area contributed by atoms with Gasteiger partial charge in [-0.2, -0.15) is 0 Å². The van der Waals surface area contributed by atoms with Crippen LogP contribution in [0.15, 0.2) is 58.5 Å². The molecular weight excluding hydrogens is 453 g/mol. The number of thioether (sulfide) groups is 1. The van der Waals surface area contributed by atoms with Crippen molar-refractivity contribution in [2.45, 2.75) is 61.4 Å². The maximum absolute atomic E-state index is 13.5. The van der Waals surface area contributed by atoms with Gasteiger partial charge in [-0.1, -0.05) is 43.2 Å². The summed E-state index contributed by atoms with van der Waals surface area (Å²) >= 11 is 1.30. The molecule has 0 N–H and O–H groups in total. The highest BCUT2D eigenvalue weighted by Crippen LogP contribution is 2.35. The molecule has 1 aliphatic heterocycles. The fourth-order valence-electron chi connectivity index (χ4n) is 4.89. The number of amides is 2. The van der Waals surface area contributed by atoms with Crippen molar-refractivity contribution in [3.63, 3.8) is 0 Å². The lowest BCUT2D eigenvalue weighted by Gasteiger charge is -2.24. The zero-order valence-corrected chi connectivity index (χ0v) is 19.6. The molecule has 0 spiro atoms. The number of benzene rings is 2. The number of carbonyl (C=O) groups is 2. The van der Waals surface area contributed by atoms with Crippen molar-refractivity contribution in [3.05, 3.63) is 70.3 Å². The number of carbonyl (C=O) groups excluding carboxylic acids is 2. The van der Waals surface area contributed by atoms with Crippen LogP contribution in [-0.2, 0) is 4.79 Å². The second-order valence-electron chi connectivity index (χ2n) is 8.93. The monoisotopic (exact) mass is 479 g/mol. The third-order valence-electron chi connectivity index (χ3n) is 6.69. The molecule has 0 radical (unpaired) electrons. The maximum Gasteiger partial charge on any atom is 0.262 e. The van der Waals surface area contributed by atoms with Gasteiger partial charge in [0, 0.05) is 18.2 Å². The Kier molecular flexibility index (Phi) is 6.50. The number of nitrogens with zero attached hydrogens (tertiary/aromatic N) is 3. The lowest BCUT2D eigenvalue weighted by Crippen LogP contribution is -2.41. The molecule has 0 bridgehead atoms. The lowest BCUT2D eigenvalue weighted by molar-refractivity contribution is -0.127. The Morgan fingerprint density at radius 3 is 2.41 bits per heavy atom. The van der Waals surface area contributed by atoms with Gasteiger partial charge in [0.25, 0.3) is 11.5 Å². The van der Waals surface area contributed by atoms with Gasteiger partial charge in [0.05, 0.1) is 16.2 Å². The van der Waals surface area contributed by atoms with Crippen LogP contribution in [0.25, 0.3) is 10.9 Å². The molecule has 1 saturated heterocycles. The van der Waals surface area contributed by atoms with E-state index in [-0.39, 0.29) is 23.1 Å². The molecule has 2 amide bonds. The average molecular weight is 480 g/mol. The van der Waals surface area contributed by atoms with Crippen LogP contribution in [0.2, 0.25) is 0 Å². The zero-order chi connectivity index (χ0) is 23.7. The minimum Gasteiger partial charge on any atom is -0.284 e. The Balaban J connectivity index is 1.49. The van der Waals surface area contributed by atoms with Gasteiger partial charge in [0.1, 0.15) is 5.82 Å². The topological polar surface area (TPSA) is 72.3 Å². The summed E-state index contributed by atoms with van der Waals surface area (Å²) in [4.78, 5) is 46.1. The van der Waals surface area contributed by atoms with Crippen LogP contribution in [0.5, 0.6) is 0 Å². The fourth-order valence-corrected chi connectivity index (χ4v) is 6.15. The number of likely N-dealkylation sites (tertiary alicyclic amines) is 1. The van der Waals surface area contributed by atoms with Gasteiger partial charge in [-0.15, -0.1) is 0 Å². The van der Waals surface area contributed by atoms with Crippen LogP contribution in [0.3, 0.4) is 0 Å². The predicted molar refractivity (Wildman–Crippen MR) is 129 cm³/mol. The van der Waals surface area contributed by atoms with Gasteiger partial charge in [-0.3, -0.25) is 23.9 Å². The number of aromatic nitrogens is 2. The molecule has 3 aromatic rings. The van der Waals surface area contributed by atoms with Gasteiger partial charge in [0.2, 0.25) is 5.91 Å². The molecular formula is C26H26FN3O3S. The molecule has 1 atom stereocenters. The van der Waals surface area contributed by atoms with Crippen molar-refractivity contribution in [2.75, 3.05) is 6.54 Å². The molecule has 176 valence electrons. The summed E-state index contributed by atoms with van der Waals surface area (Å²) in [6.45, 7) is 0.326. The minimum atomic E-state index is -0.521. The Labute approximate surface area is 201 Å². The number of halogens is 1. The quantitative estimate of drug-likeness (QED) is 0.391. The SMILES string of the molecule is O=C(c1ccc(F)cc1)N1CCCC[C@H](Sc2nc3ccccc3c(=O)n2C2CCCC2)C1=O. The molecule has 0 unspecified atom stereocenters. The van der Waals surface area contributed by atoms with Crippen LogP contribution in [-0.4, -0.2) is 38.1 Å². The van der Waals surface area contributed by atoms with Crippen molar-refractivity contribution >= 4 is 34.5 Å². The molecule has 1 aromatic heterocycles. The van der Waals surface area contributed by atoms with E-state index in [0.29, 0.717) is 35.4 Å². The van der Waals surface area contributed by atoms with E-state index in [9.17, 15) is 18.8 Å². The van der Waals surface area contributed by atoms with E-state index in [4.69, 9.17) is 4.98 Å². The average Bonchev–Trinajstić information content (AvgIpc) is 3.31. The van der Waals surface area contributed by atoms with Crippen LogP contribution in [0, 0.1) is 5.82 Å². The summed E-state index contributed by atoms with van der Waals surface area (Å²) in [6.07, 6.45) is 6.06. The van der Waals surface area contributed by atoms with Crippen LogP contribution >= 0.6 is 11.8 Å². The second kappa shape index (κ2) is 9.70. The van der Waals surface area contributed by atoms with E-state index in [0.717, 1.165) is 32.1 Å². The number of hydrogen-bond donors (Lipinski definition) is 0. The van der Waals surface area contributed by atoms with Crippen molar-refractivity contribution in [2.24, 2.45) is 0 Å². The lowest BCUT2D eigenvalue weighted by atomic mass is 10.2. The molecule has 6 nitrogen and oxygen atoms in total. The third kappa shape index (κ3) is 4.39. The first-order valence-corrected chi connectivity index (χ1v) is 12.7. The highest BCUT2D eigenvalue weighted by molar-refractivity contribution is 8.00. The first-order chi connectivity index (χ1) is 16.5. The van der Waals surface area contributed by atoms with Gasteiger partial charge in [-0.05, 0) is 62.1 Å². The summed E-state index contributed by atoms with van der Waals surface area (Å²) in [5, 5.41) is 0.608. The molecule has 1 saturated carbocycles. The molecule has 2 aliphatic rings. The minimum absolute atomic E-state index is 0.0692. The number of fused-ring (bicyclic) bond motifs is 1. The van der Waals surface area contributed by atoms with E-state index >= 15 is 0 Å². The van der Waals surface area contributed by atoms with Gasteiger partial charge in [0.15, 0.2) is 5.16 Å². The summed E-state index contributed by atoms with van der Waals surface area (Å²) in [7, 11) is 0. The summed E-state index contributed by atoms with van der Waals surface area (Å²) in [5.74, 6) is -1.13. The molecule has 34 heavy (non-hydrogen) atoms. The highest BCUT2D eigenvalue weighted by atomic mass is 32.2. The summed E-state index contributed by atoms with van der Waals surface area (Å²) in [5.41, 5.74) is 0.831. The predicted octanol–water partition coefficient (Wildman–Crippen LogP) is 4.96.